The van der Waals surface area contributed by atoms with Crippen molar-refractivity contribution in [1.82, 2.24) is 0 Å². The second-order valence-corrected chi connectivity index (χ2v) is 5.86. The van der Waals surface area contributed by atoms with Crippen LogP contribution in [0.5, 0.6) is 0 Å². The average Bonchev–Trinajstić information content (AvgIpc) is 2.58. The Morgan fingerprint density at radius 1 is 0.760 bits per heavy atom. The van der Waals surface area contributed by atoms with Crippen molar-refractivity contribution >= 4 is 5.97 Å². The summed E-state index contributed by atoms with van der Waals surface area (Å²) in [6.07, 6.45) is 21.1. The summed E-state index contributed by atoms with van der Waals surface area (Å²) in [7, 11) is 0. The molecule has 0 saturated carbocycles. The Morgan fingerprint density at radius 2 is 1.28 bits per heavy atom. The van der Waals surface area contributed by atoms with Crippen LogP contribution in [0, 0.1) is 0 Å². The molecular weight excluding hydrogens is 308 g/mol. The summed E-state index contributed by atoms with van der Waals surface area (Å²) in [6, 6.07) is 0. The van der Waals surface area contributed by atoms with Gasteiger partial charge in [-0.1, -0.05) is 84.4 Å². The van der Waals surface area contributed by atoms with Gasteiger partial charge in [-0.05, 0) is 41.0 Å². The third kappa shape index (κ3) is 12.7. The van der Waals surface area contributed by atoms with Gasteiger partial charge in [-0.25, -0.2) is 4.79 Å². The van der Waals surface area contributed by atoms with Gasteiger partial charge < -0.3 is 4.74 Å². The Kier molecular flexibility index (Phi) is 12.7. The van der Waals surface area contributed by atoms with Gasteiger partial charge in [-0.2, -0.15) is 0 Å². The number of allylic oxidation sites excluding steroid dienone is 13. The molecule has 0 spiro atoms. The monoisotopic (exact) mass is 340 g/mol. The lowest BCUT2D eigenvalue weighted by molar-refractivity contribution is -0.138. The van der Waals surface area contributed by atoms with Crippen LogP contribution in [0.2, 0.25) is 0 Å². The molecule has 0 aromatic rings. The largest absolute Gasteiger partial charge is 0.463 e. The van der Waals surface area contributed by atoms with Crippen molar-refractivity contribution in [1.29, 1.82) is 0 Å². The summed E-state index contributed by atoms with van der Waals surface area (Å²) < 4.78 is 4.93. The van der Waals surface area contributed by atoms with E-state index in [9.17, 15) is 4.79 Å². The number of hydrogen-bond donors (Lipinski definition) is 0. The first-order valence-corrected chi connectivity index (χ1v) is 8.78. The maximum atomic E-state index is 11.5. The first-order valence-electron chi connectivity index (χ1n) is 8.78. The highest BCUT2D eigenvalue weighted by Crippen LogP contribution is 2.03. The maximum absolute atomic E-state index is 11.5. The van der Waals surface area contributed by atoms with Gasteiger partial charge in [0, 0.05) is 5.57 Å². The Labute approximate surface area is 153 Å². The van der Waals surface area contributed by atoms with E-state index < -0.39 is 0 Å². The summed E-state index contributed by atoms with van der Waals surface area (Å²) in [5.41, 5.74) is 4.27. The molecule has 136 valence electrons. The van der Waals surface area contributed by atoms with Crippen LogP contribution in [-0.2, 0) is 9.53 Å². The molecule has 0 amide bonds. The van der Waals surface area contributed by atoms with Crippen molar-refractivity contribution in [2.24, 2.45) is 0 Å². The van der Waals surface area contributed by atoms with E-state index in [2.05, 4.69) is 45.1 Å². The van der Waals surface area contributed by atoms with Crippen molar-refractivity contribution in [2.75, 3.05) is 6.61 Å². The second kappa shape index (κ2) is 14.0. The summed E-state index contributed by atoms with van der Waals surface area (Å²) in [6.45, 7) is 12.3. The molecule has 2 heteroatoms. The Balaban J connectivity index is 4.58. The molecule has 0 aromatic heterocycles. The first-order chi connectivity index (χ1) is 11.9. The highest BCUT2D eigenvalue weighted by molar-refractivity contribution is 5.88. The second-order valence-electron chi connectivity index (χ2n) is 5.86. The van der Waals surface area contributed by atoms with Crippen molar-refractivity contribution in [3.8, 4) is 0 Å². The lowest BCUT2D eigenvalue weighted by Gasteiger charge is -1.99. The number of hydrogen-bond acceptors (Lipinski definition) is 2. The van der Waals surface area contributed by atoms with Crippen LogP contribution >= 0.6 is 0 Å². The SMILES string of the molecule is CCOC(=O)/C(C)=C/C=C/C(C)=C/C=C/C=C(C)/C=C/C=C(\C)CC. The standard InChI is InChI=1S/C23H32O2/c1-7-19(3)15-11-16-20(4)13-9-10-14-21(5)17-12-18-22(6)23(24)25-8-2/h9-18H,7-8H2,1-6H3/b10-9+,16-11+,17-12+,19-15+,20-13+,21-14+,22-18+. The molecule has 0 fully saturated rings. The van der Waals surface area contributed by atoms with E-state index in [0.717, 1.165) is 12.0 Å². The third-order valence-corrected chi connectivity index (χ3v) is 3.43. The smallest absolute Gasteiger partial charge is 0.333 e. The van der Waals surface area contributed by atoms with E-state index in [1.165, 1.54) is 11.1 Å². The zero-order valence-corrected chi connectivity index (χ0v) is 16.5. The molecule has 0 heterocycles. The van der Waals surface area contributed by atoms with E-state index in [1.54, 1.807) is 19.9 Å². The van der Waals surface area contributed by atoms with Crippen LogP contribution in [0.1, 0.15) is 48.0 Å². The fourth-order valence-electron chi connectivity index (χ4n) is 1.66. The molecule has 0 aliphatic rings. The topological polar surface area (TPSA) is 26.3 Å². The predicted octanol–water partition coefficient (Wildman–Crippen LogP) is 6.41. The molecule has 0 saturated heterocycles. The van der Waals surface area contributed by atoms with E-state index >= 15 is 0 Å². The number of carbonyl (C=O) groups excluding carboxylic acids is 1. The predicted molar refractivity (Wildman–Crippen MR) is 109 cm³/mol. The van der Waals surface area contributed by atoms with Gasteiger partial charge in [-0.15, -0.1) is 0 Å². The fraction of sp³-hybridized carbons (Fsp3) is 0.348. The maximum Gasteiger partial charge on any atom is 0.333 e. The molecule has 0 bridgehead atoms. The first kappa shape index (κ1) is 22.7. The lowest BCUT2D eigenvalue weighted by atomic mass is 10.2. The Bertz CT molecular complexity index is 620. The van der Waals surface area contributed by atoms with Gasteiger partial charge in [0.2, 0.25) is 0 Å². The van der Waals surface area contributed by atoms with Gasteiger partial charge in [0.25, 0.3) is 0 Å². The molecular formula is C23H32O2. The molecule has 0 aliphatic heterocycles. The Hall–Kier alpha value is -2.35. The number of ether oxygens (including phenoxy) is 1. The highest BCUT2D eigenvalue weighted by Gasteiger charge is 2.01. The quantitative estimate of drug-likeness (QED) is 0.275. The molecule has 0 unspecified atom stereocenters. The van der Waals surface area contributed by atoms with Gasteiger partial charge in [0.1, 0.15) is 0 Å². The van der Waals surface area contributed by atoms with Crippen LogP contribution in [0.3, 0.4) is 0 Å². The molecule has 25 heavy (non-hydrogen) atoms. The minimum atomic E-state index is -0.272. The van der Waals surface area contributed by atoms with Gasteiger partial charge in [-0.3, -0.25) is 0 Å². The van der Waals surface area contributed by atoms with Crippen LogP contribution in [0.25, 0.3) is 0 Å². The van der Waals surface area contributed by atoms with Gasteiger partial charge in [0.15, 0.2) is 0 Å². The minimum Gasteiger partial charge on any atom is -0.463 e. The van der Waals surface area contributed by atoms with E-state index in [0.29, 0.717) is 12.2 Å². The summed E-state index contributed by atoms with van der Waals surface area (Å²) >= 11 is 0. The lowest BCUT2D eigenvalue weighted by Crippen LogP contribution is -2.04. The van der Waals surface area contributed by atoms with E-state index in [1.807, 2.05) is 37.3 Å². The minimum absolute atomic E-state index is 0.272. The summed E-state index contributed by atoms with van der Waals surface area (Å²) in [5.74, 6) is -0.272. The molecule has 0 aromatic carbocycles. The molecule has 0 aliphatic carbocycles. The zero-order chi connectivity index (χ0) is 19.1. The molecule has 0 N–H and O–H groups in total. The third-order valence-electron chi connectivity index (χ3n) is 3.43. The summed E-state index contributed by atoms with van der Waals surface area (Å²) in [4.78, 5) is 11.5. The highest BCUT2D eigenvalue weighted by atomic mass is 16.5. The van der Waals surface area contributed by atoms with Gasteiger partial charge in [0.05, 0.1) is 6.61 Å². The summed E-state index contributed by atoms with van der Waals surface area (Å²) in [5, 5.41) is 0. The molecule has 0 atom stereocenters. The number of rotatable bonds is 9. The number of esters is 1. The van der Waals surface area contributed by atoms with Gasteiger partial charge >= 0.3 is 5.97 Å². The van der Waals surface area contributed by atoms with Crippen molar-refractivity contribution < 1.29 is 9.53 Å². The number of carbonyl (C=O) groups is 1. The van der Waals surface area contributed by atoms with Crippen LogP contribution in [0.4, 0.5) is 0 Å². The van der Waals surface area contributed by atoms with Crippen molar-refractivity contribution in [3.05, 3.63) is 83.1 Å². The average molecular weight is 341 g/mol. The fourth-order valence-corrected chi connectivity index (χ4v) is 1.66. The van der Waals surface area contributed by atoms with Crippen LogP contribution in [-0.4, -0.2) is 12.6 Å². The van der Waals surface area contributed by atoms with E-state index in [-0.39, 0.29) is 5.97 Å². The van der Waals surface area contributed by atoms with Crippen LogP contribution < -0.4 is 0 Å². The normalized spacial score (nSPS) is 15.0. The zero-order valence-electron chi connectivity index (χ0n) is 16.5. The van der Waals surface area contributed by atoms with E-state index in [4.69, 9.17) is 4.74 Å². The molecule has 0 rings (SSSR count). The van der Waals surface area contributed by atoms with Crippen molar-refractivity contribution in [2.45, 2.75) is 48.0 Å². The van der Waals surface area contributed by atoms with Crippen molar-refractivity contribution in [3.63, 3.8) is 0 Å². The van der Waals surface area contributed by atoms with Crippen LogP contribution in [0.15, 0.2) is 83.1 Å². The molecule has 2 nitrogen and oxygen atoms in total. The molecule has 0 radical (unpaired) electrons. The Morgan fingerprint density at radius 3 is 1.76 bits per heavy atom.